The van der Waals surface area contributed by atoms with Crippen LogP contribution in [0.25, 0.3) is 17.0 Å². The van der Waals surface area contributed by atoms with Gasteiger partial charge in [-0.1, -0.05) is 18.2 Å². The molecule has 1 aromatic carbocycles. The number of pyridine rings is 1. The van der Waals surface area contributed by atoms with Gasteiger partial charge in [0.1, 0.15) is 12.4 Å². The van der Waals surface area contributed by atoms with Gasteiger partial charge in [0.05, 0.1) is 6.54 Å². The van der Waals surface area contributed by atoms with Crippen molar-refractivity contribution in [2.45, 2.75) is 44.2 Å². The minimum absolute atomic E-state index is 0.325. The van der Waals surface area contributed by atoms with E-state index in [4.69, 9.17) is 4.74 Å². The predicted molar refractivity (Wildman–Crippen MR) is 120 cm³/mol. The summed E-state index contributed by atoms with van der Waals surface area (Å²) < 4.78 is 8.59. The van der Waals surface area contributed by atoms with Crippen LogP contribution in [0.15, 0.2) is 73.2 Å². The Bertz CT molecular complexity index is 1140. The van der Waals surface area contributed by atoms with Crippen molar-refractivity contribution >= 4 is 11.3 Å². The van der Waals surface area contributed by atoms with E-state index in [9.17, 15) is 0 Å². The zero-order valence-electron chi connectivity index (χ0n) is 17.4. The molecule has 1 aliphatic heterocycles. The molecule has 156 valence electrons. The van der Waals surface area contributed by atoms with Crippen LogP contribution >= 0.6 is 0 Å². The molecule has 3 aliphatic rings. The average Bonchev–Trinajstić information content (AvgIpc) is 3.53. The Morgan fingerprint density at radius 2 is 1.81 bits per heavy atom. The van der Waals surface area contributed by atoms with E-state index in [1.807, 2.05) is 18.7 Å². The molecule has 0 N–H and O–H groups in total. The molecule has 0 bridgehead atoms. The fourth-order valence-electron chi connectivity index (χ4n) is 4.18. The molecule has 0 radical (unpaired) electrons. The molecular weight excluding hydrogens is 386 g/mol. The molecule has 0 spiro atoms. The van der Waals surface area contributed by atoms with Gasteiger partial charge in [-0.2, -0.15) is 0 Å². The third kappa shape index (κ3) is 3.63. The van der Waals surface area contributed by atoms with Crippen molar-refractivity contribution in [3.63, 3.8) is 0 Å². The standard InChI is InChI=1S/C25H25N5O/c1-3-19(25-28-27-17-30(25)21-8-9-21)15-22(4-1)29-16-20(18-11-13-26-14-12-18)7-10-24(29)31-23-5-2-6-23/h1,3-4,7,10-15,17,21,23H,2,5-6,8-9,16H2. The Hall–Kier alpha value is -3.41. The third-order valence-corrected chi connectivity index (χ3v) is 6.34. The first-order valence-corrected chi connectivity index (χ1v) is 11.1. The van der Waals surface area contributed by atoms with Crippen molar-refractivity contribution in [1.29, 1.82) is 0 Å². The van der Waals surface area contributed by atoms with E-state index in [2.05, 4.69) is 73.2 Å². The fraction of sp³-hybridized carbons (Fsp3) is 0.320. The largest absolute Gasteiger partial charge is 0.476 e. The number of anilines is 1. The summed E-state index contributed by atoms with van der Waals surface area (Å²) in [5.74, 6) is 1.86. The highest BCUT2D eigenvalue weighted by Crippen LogP contribution is 2.39. The number of aromatic nitrogens is 4. The molecule has 6 heteroatoms. The molecule has 6 nitrogen and oxygen atoms in total. The quantitative estimate of drug-likeness (QED) is 0.572. The molecule has 0 amide bonds. The molecule has 3 heterocycles. The molecule has 2 aliphatic carbocycles. The lowest BCUT2D eigenvalue weighted by Gasteiger charge is -2.35. The smallest absolute Gasteiger partial charge is 0.194 e. The van der Waals surface area contributed by atoms with Crippen LogP contribution in [0.1, 0.15) is 43.7 Å². The van der Waals surface area contributed by atoms with Gasteiger partial charge < -0.3 is 14.2 Å². The molecule has 0 saturated heterocycles. The van der Waals surface area contributed by atoms with Crippen molar-refractivity contribution in [2.24, 2.45) is 0 Å². The molecule has 2 fully saturated rings. The number of nitrogens with zero attached hydrogens (tertiary/aromatic N) is 5. The molecule has 2 aromatic heterocycles. The Labute approximate surface area is 181 Å². The van der Waals surface area contributed by atoms with Gasteiger partial charge >= 0.3 is 0 Å². The lowest BCUT2D eigenvalue weighted by molar-refractivity contribution is 0.0488. The van der Waals surface area contributed by atoms with Gasteiger partial charge in [-0.3, -0.25) is 4.98 Å². The number of ether oxygens (including phenoxy) is 1. The first-order chi connectivity index (χ1) is 15.3. The van der Waals surface area contributed by atoms with Gasteiger partial charge in [-0.25, -0.2) is 0 Å². The van der Waals surface area contributed by atoms with Crippen LogP contribution in [0.5, 0.6) is 0 Å². The van der Waals surface area contributed by atoms with Crippen molar-refractivity contribution in [3.05, 3.63) is 78.7 Å². The minimum atomic E-state index is 0.325. The van der Waals surface area contributed by atoms with Crippen LogP contribution in [0.4, 0.5) is 5.69 Å². The second kappa shape index (κ2) is 7.69. The maximum absolute atomic E-state index is 6.38. The normalized spacial score (nSPS) is 18.9. The fourth-order valence-corrected chi connectivity index (χ4v) is 4.18. The van der Waals surface area contributed by atoms with E-state index in [1.54, 1.807) is 0 Å². The van der Waals surface area contributed by atoms with E-state index in [-0.39, 0.29) is 0 Å². The molecule has 31 heavy (non-hydrogen) atoms. The molecule has 6 rings (SSSR count). The topological polar surface area (TPSA) is 56.1 Å². The number of hydrogen-bond acceptors (Lipinski definition) is 5. The SMILES string of the molecule is C1=C(c2ccncc2)CN(c2cccc(-c3nncn3C3CC3)c2)C(OC2CCC2)=C1. The monoisotopic (exact) mass is 411 g/mol. The highest BCUT2D eigenvalue weighted by Gasteiger charge is 2.28. The maximum Gasteiger partial charge on any atom is 0.194 e. The first-order valence-electron chi connectivity index (χ1n) is 11.1. The molecular formula is C25H25N5O. The summed E-state index contributed by atoms with van der Waals surface area (Å²) in [7, 11) is 0. The summed E-state index contributed by atoms with van der Waals surface area (Å²) in [6.45, 7) is 0.751. The van der Waals surface area contributed by atoms with Gasteiger partial charge in [0.25, 0.3) is 0 Å². The zero-order chi connectivity index (χ0) is 20.6. The summed E-state index contributed by atoms with van der Waals surface area (Å²) in [6.07, 6.45) is 16.1. The summed E-state index contributed by atoms with van der Waals surface area (Å²) >= 11 is 0. The molecule has 0 unspecified atom stereocenters. The number of hydrogen-bond donors (Lipinski definition) is 0. The van der Waals surface area contributed by atoms with Crippen LogP contribution in [0.2, 0.25) is 0 Å². The van der Waals surface area contributed by atoms with Gasteiger partial charge in [0, 0.05) is 29.7 Å². The Morgan fingerprint density at radius 3 is 2.58 bits per heavy atom. The average molecular weight is 412 g/mol. The number of rotatable bonds is 6. The van der Waals surface area contributed by atoms with Crippen molar-refractivity contribution in [2.75, 3.05) is 11.4 Å². The van der Waals surface area contributed by atoms with Crippen molar-refractivity contribution in [3.8, 4) is 11.4 Å². The highest BCUT2D eigenvalue weighted by atomic mass is 16.5. The minimum Gasteiger partial charge on any atom is -0.476 e. The van der Waals surface area contributed by atoms with Crippen molar-refractivity contribution in [1.82, 2.24) is 19.7 Å². The second-order valence-electron chi connectivity index (χ2n) is 8.53. The van der Waals surface area contributed by atoms with Crippen LogP contribution in [0.3, 0.4) is 0 Å². The first kappa shape index (κ1) is 18.4. The van der Waals surface area contributed by atoms with Gasteiger partial charge in [-0.05, 0) is 73.6 Å². The number of allylic oxidation sites excluding steroid dienone is 2. The summed E-state index contributed by atoms with van der Waals surface area (Å²) in [5, 5.41) is 8.59. The second-order valence-corrected chi connectivity index (χ2v) is 8.53. The molecule has 2 saturated carbocycles. The van der Waals surface area contributed by atoms with Gasteiger partial charge in [0.15, 0.2) is 11.7 Å². The summed E-state index contributed by atoms with van der Waals surface area (Å²) in [5.41, 5.74) is 4.62. The molecule has 0 atom stereocenters. The van der Waals surface area contributed by atoms with Crippen LogP contribution in [-0.2, 0) is 4.74 Å². The van der Waals surface area contributed by atoms with E-state index < -0.39 is 0 Å². The van der Waals surface area contributed by atoms with E-state index in [0.29, 0.717) is 12.1 Å². The van der Waals surface area contributed by atoms with Crippen LogP contribution in [-0.4, -0.2) is 32.4 Å². The van der Waals surface area contributed by atoms with Crippen molar-refractivity contribution < 1.29 is 4.74 Å². The Kier molecular flexibility index (Phi) is 4.55. The van der Waals surface area contributed by atoms with Crippen LogP contribution < -0.4 is 4.90 Å². The van der Waals surface area contributed by atoms with Gasteiger partial charge in [-0.15, -0.1) is 10.2 Å². The highest BCUT2D eigenvalue weighted by molar-refractivity contribution is 5.76. The lowest BCUT2D eigenvalue weighted by atomic mass is 9.96. The van der Waals surface area contributed by atoms with E-state index in [1.165, 1.54) is 30.4 Å². The van der Waals surface area contributed by atoms with E-state index in [0.717, 1.165) is 42.3 Å². The predicted octanol–water partition coefficient (Wildman–Crippen LogP) is 4.99. The number of benzene rings is 1. The maximum atomic E-state index is 6.38. The molecule has 3 aromatic rings. The third-order valence-electron chi connectivity index (χ3n) is 6.34. The van der Waals surface area contributed by atoms with E-state index >= 15 is 0 Å². The van der Waals surface area contributed by atoms with Crippen LogP contribution in [0, 0.1) is 0 Å². The zero-order valence-corrected chi connectivity index (χ0v) is 17.4. The lowest BCUT2D eigenvalue weighted by Crippen LogP contribution is -2.32. The summed E-state index contributed by atoms with van der Waals surface area (Å²) in [6, 6.07) is 13.2. The Morgan fingerprint density at radius 1 is 0.935 bits per heavy atom. The Balaban J connectivity index is 1.35. The summed E-state index contributed by atoms with van der Waals surface area (Å²) in [4.78, 5) is 6.44. The van der Waals surface area contributed by atoms with Gasteiger partial charge in [0.2, 0.25) is 0 Å².